The smallest absolute Gasteiger partial charge is 0.0995 e. The van der Waals surface area contributed by atoms with Gasteiger partial charge in [0.1, 0.15) is 0 Å². The molecule has 0 radical (unpaired) electrons. The van der Waals surface area contributed by atoms with Crippen LogP contribution in [0.4, 0.5) is 5.69 Å². The van der Waals surface area contributed by atoms with E-state index < -0.39 is 0 Å². The predicted octanol–water partition coefficient (Wildman–Crippen LogP) is 10.9. The lowest BCUT2D eigenvalue weighted by Gasteiger charge is -2.34. The van der Waals surface area contributed by atoms with Crippen LogP contribution in [-0.2, 0) is 0 Å². The van der Waals surface area contributed by atoms with Crippen LogP contribution in [0.25, 0.3) is 38.6 Å². The molecule has 0 fully saturated rings. The van der Waals surface area contributed by atoms with E-state index in [1.165, 1.54) is 22.0 Å². The number of anilines is 1. The minimum atomic E-state index is 0.128. The van der Waals surface area contributed by atoms with E-state index in [9.17, 15) is 10.5 Å². The first-order valence-corrected chi connectivity index (χ1v) is 16.7. The molecule has 2 aliphatic carbocycles. The second kappa shape index (κ2) is 12.3. The molecular weight excluding hydrogens is 597 g/mol. The van der Waals surface area contributed by atoms with Crippen LogP contribution in [0, 0.1) is 22.7 Å². The van der Waals surface area contributed by atoms with Gasteiger partial charge in [0.05, 0.1) is 34.8 Å². The van der Waals surface area contributed by atoms with Crippen LogP contribution in [0.1, 0.15) is 42.4 Å². The van der Waals surface area contributed by atoms with Crippen LogP contribution in [0.2, 0.25) is 0 Å². The number of benzene rings is 4. The van der Waals surface area contributed by atoms with Crippen molar-refractivity contribution < 1.29 is 0 Å². The van der Waals surface area contributed by atoms with Crippen LogP contribution in [0.15, 0.2) is 163 Å². The zero-order valence-corrected chi connectivity index (χ0v) is 27.3. The fraction of sp³-hybridized carbons (Fsp3) is 0.111. The fourth-order valence-electron chi connectivity index (χ4n) is 7.88. The van der Waals surface area contributed by atoms with Gasteiger partial charge in [-0.3, -0.25) is 0 Å². The first-order chi connectivity index (χ1) is 24.1. The summed E-state index contributed by atoms with van der Waals surface area (Å²) < 4.78 is 2.18. The van der Waals surface area contributed by atoms with Gasteiger partial charge in [0.15, 0.2) is 0 Å². The summed E-state index contributed by atoms with van der Waals surface area (Å²) in [5, 5.41) is 23.2. The van der Waals surface area contributed by atoms with Crippen molar-refractivity contribution in [3.8, 4) is 12.1 Å². The van der Waals surface area contributed by atoms with Crippen LogP contribution >= 0.6 is 0 Å². The molecule has 0 N–H and O–H groups in total. The van der Waals surface area contributed by atoms with Gasteiger partial charge in [-0.05, 0) is 66.3 Å². The van der Waals surface area contributed by atoms with Gasteiger partial charge in [-0.15, -0.1) is 0 Å². The van der Waals surface area contributed by atoms with Crippen molar-refractivity contribution in [1.29, 1.82) is 10.5 Å². The quantitative estimate of drug-likeness (QED) is 0.139. The van der Waals surface area contributed by atoms with Gasteiger partial charge in [0.2, 0.25) is 0 Å². The van der Waals surface area contributed by atoms with Crippen LogP contribution < -0.4 is 4.90 Å². The summed E-state index contributed by atoms with van der Waals surface area (Å²) in [4.78, 5) is 2.46. The van der Waals surface area contributed by atoms with Crippen LogP contribution in [0.5, 0.6) is 0 Å². The summed E-state index contributed by atoms with van der Waals surface area (Å²) in [6.45, 7) is 6.36. The zero-order chi connectivity index (χ0) is 33.5. The lowest BCUT2D eigenvalue weighted by atomic mass is 9.83. The largest absolute Gasteiger partial charge is 0.336 e. The van der Waals surface area contributed by atoms with E-state index in [2.05, 4.69) is 131 Å². The van der Waals surface area contributed by atoms with Gasteiger partial charge in [-0.25, -0.2) is 0 Å². The van der Waals surface area contributed by atoms with Crippen molar-refractivity contribution in [3.05, 3.63) is 180 Å². The molecule has 0 amide bonds. The van der Waals surface area contributed by atoms with Gasteiger partial charge < -0.3 is 9.47 Å². The van der Waals surface area contributed by atoms with Gasteiger partial charge in [-0.1, -0.05) is 122 Å². The fourth-order valence-corrected chi connectivity index (χ4v) is 7.88. The lowest BCUT2D eigenvalue weighted by Crippen LogP contribution is -2.33. The lowest BCUT2D eigenvalue weighted by molar-refractivity contribution is 0.702. The van der Waals surface area contributed by atoms with Crippen LogP contribution in [0.3, 0.4) is 0 Å². The number of nitriles is 2. The Labute approximate surface area is 287 Å². The Morgan fingerprint density at radius 2 is 1.49 bits per heavy atom. The molecule has 234 valence electrons. The predicted molar refractivity (Wildman–Crippen MR) is 202 cm³/mol. The molecule has 4 nitrogen and oxygen atoms in total. The highest BCUT2D eigenvalue weighted by Crippen LogP contribution is 2.49. The van der Waals surface area contributed by atoms with Crippen molar-refractivity contribution >= 4 is 44.3 Å². The zero-order valence-electron chi connectivity index (χ0n) is 27.3. The van der Waals surface area contributed by atoms with Gasteiger partial charge in [0.25, 0.3) is 0 Å². The summed E-state index contributed by atoms with van der Waals surface area (Å²) in [5.74, 6) is 0.243. The maximum atomic E-state index is 10.6. The van der Waals surface area contributed by atoms with E-state index >= 15 is 0 Å². The Morgan fingerprint density at radius 3 is 2.24 bits per heavy atom. The average molecular weight is 631 g/mol. The molecular formula is C45H34N4. The standard InChI is InChI=1S/C45H34N4/c1-30(28-46)33(27-26-31(2)48-40-21-9-5-16-35(40)36-17-6-10-22-41(36)48)34-15-3-4-20-39(34)45-32(29-47)14-13-25-44(45)49-42-23-11-7-18-37(42)38-19-8-12-24-43(38)49/h3-12,14-24,26-27,37,42H,2,13,25H2,1H3/b27-26-,33-30-. The number of nitrogens with zero attached hydrogens (tertiary/aromatic N) is 4. The summed E-state index contributed by atoms with van der Waals surface area (Å²) in [7, 11) is 0. The first-order valence-electron chi connectivity index (χ1n) is 16.7. The van der Waals surface area contributed by atoms with E-state index in [4.69, 9.17) is 0 Å². The van der Waals surface area contributed by atoms with Crippen molar-refractivity contribution in [2.75, 3.05) is 4.90 Å². The molecule has 49 heavy (non-hydrogen) atoms. The Morgan fingerprint density at radius 1 is 0.816 bits per heavy atom. The molecule has 2 heterocycles. The van der Waals surface area contributed by atoms with Gasteiger partial charge >= 0.3 is 0 Å². The van der Waals surface area contributed by atoms with Gasteiger partial charge in [0, 0.05) is 44.9 Å². The highest BCUT2D eigenvalue weighted by molar-refractivity contribution is 6.10. The third kappa shape index (κ3) is 4.89. The third-order valence-electron chi connectivity index (χ3n) is 10.0. The summed E-state index contributed by atoms with van der Waals surface area (Å²) >= 11 is 0. The average Bonchev–Trinajstić information content (AvgIpc) is 3.68. The topological polar surface area (TPSA) is 55.8 Å². The summed E-state index contributed by atoms with van der Waals surface area (Å²) in [5.41, 5.74) is 11.4. The normalized spacial score (nSPS) is 18.7. The number of rotatable bonds is 6. The van der Waals surface area contributed by atoms with Crippen molar-refractivity contribution in [2.24, 2.45) is 0 Å². The first kappa shape index (κ1) is 30.0. The molecule has 5 aromatic rings. The molecule has 0 bridgehead atoms. The molecule has 4 aromatic carbocycles. The summed E-state index contributed by atoms with van der Waals surface area (Å²) in [6, 6.07) is 38.7. The highest BCUT2D eigenvalue weighted by atomic mass is 15.2. The van der Waals surface area contributed by atoms with Crippen molar-refractivity contribution in [1.82, 2.24) is 4.57 Å². The Hall–Kier alpha value is -6.36. The van der Waals surface area contributed by atoms with E-state index in [0.29, 0.717) is 11.1 Å². The Balaban J connectivity index is 1.28. The molecule has 1 aromatic heterocycles. The summed E-state index contributed by atoms with van der Waals surface area (Å²) in [6.07, 6.45) is 16.5. The minimum absolute atomic E-state index is 0.128. The van der Waals surface area contributed by atoms with E-state index in [1.807, 2.05) is 43.3 Å². The van der Waals surface area contributed by atoms with Crippen LogP contribution in [-0.4, -0.2) is 10.6 Å². The molecule has 0 saturated carbocycles. The molecule has 8 rings (SSSR count). The van der Waals surface area contributed by atoms with Crippen molar-refractivity contribution in [2.45, 2.75) is 31.7 Å². The Bertz CT molecular complexity index is 2410. The molecule has 2 atom stereocenters. The minimum Gasteiger partial charge on any atom is -0.336 e. The monoisotopic (exact) mass is 630 g/mol. The molecule has 0 spiro atoms. The number of para-hydroxylation sites is 3. The van der Waals surface area contributed by atoms with Crippen molar-refractivity contribution in [3.63, 3.8) is 0 Å². The van der Waals surface area contributed by atoms with Gasteiger partial charge in [-0.2, -0.15) is 10.5 Å². The maximum absolute atomic E-state index is 10.6. The van der Waals surface area contributed by atoms with E-state index in [0.717, 1.165) is 57.5 Å². The molecule has 3 aliphatic rings. The SMILES string of the molecule is C=C(/C=C\C(=C(/C)C#N)c1ccccc1C1=C(N2c3ccccc3C3C=CC=CC32)CCC=C1C#N)n1c2ccccc2c2ccccc21. The number of aromatic nitrogens is 1. The van der Waals surface area contributed by atoms with E-state index in [-0.39, 0.29) is 12.0 Å². The highest BCUT2D eigenvalue weighted by Gasteiger charge is 2.39. The Kier molecular flexibility index (Phi) is 7.56. The number of fused-ring (bicyclic) bond motifs is 6. The maximum Gasteiger partial charge on any atom is 0.0995 e. The number of hydrogen-bond acceptors (Lipinski definition) is 3. The molecule has 2 unspecified atom stereocenters. The molecule has 0 saturated heterocycles. The third-order valence-corrected chi connectivity index (χ3v) is 10.0. The van der Waals surface area contributed by atoms with E-state index in [1.54, 1.807) is 0 Å². The molecule has 1 aliphatic heterocycles. The second-order valence-electron chi connectivity index (χ2n) is 12.7. The number of hydrogen-bond donors (Lipinski definition) is 0. The number of allylic oxidation sites excluding steroid dienone is 11. The second-order valence-corrected chi connectivity index (χ2v) is 12.7. The molecule has 4 heteroatoms.